The van der Waals surface area contributed by atoms with Crippen LogP contribution in [0, 0.1) is 25.2 Å². The Morgan fingerprint density at radius 2 is 1.73 bits per heavy atom. The number of ether oxygens (including phenoxy) is 1. The van der Waals surface area contributed by atoms with E-state index >= 15 is 0 Å². The molecule has 0 radical (unpaired) electrons. The minimum absolute atomic E-state index is 0.0333. The summed E-state index contributed by atoms with van der Waals surface area (Å²) in [5, 5.41) is 19.2. The Morgan fingerprint density at radius 1 is 1.04 bits per heavy atom. The number of likely N-dealkylation sites (tertiary alicyclic amines) is 1. The number of hydrogen-bond donors (Lipinski definition) is 3. The van der Waals surface area contributed by atoms with E-state index in [4.69, 9.17) is 4.74 Å². The van der Waals surface area contributed by atoms with Crippen LogP contribution in [-0.2, 0) is 10.0 Å². The largest absolute Gasteiger partial charge is 0.475 e. The van der Waals surface area contributed by atoms with E-state index in [9.17, 15) is 23.4 Å². The van der Waals surface area contributed by atoms with Crippen LogP contribution in [0.4, 0.5) is 5.95 Å². The summed E-state index contributed by atoms with van der Waals surface area (Å²) in [5.41, 5.74) is 3.81. The van der Waals surface area contributed by atoms with Gasteiger partial charge in [0.2, 0.25) is 11.8 Å². The topological polar surface area (TPSA) is 145 Å². The van der Waals surface area contributed by atoms with Crippen molar-refractivity contribution < 1.29 is 28.2 Å². The molecule has 258 valence electrons. The van der Waals surface area contributed by atoms with Gasteiger partial charge in [-0.05, 0) is 99.7 Å². The van der Waals surface area contributed by atoms with Crippen LogP contribution in [0.5, 0.6) is 5.88 Å². The molecule has 1 aliphatic carbocycles. The number of anilines is 1. The second kappa shape index (κ2) is 13.7. The maximum atomic E-state index is 14.5. The van der Waals surface area contributed by atoms with Crippen molar-refractivity contribution in [3.05, 3.63) is 65.2 Å². The van der Waals surface area contributed by atoms with Crippen molar-refractivity contribution in [2.75, 3.05) is 37.6 Å². The predicted molar refractivity (Wildman–Crippen MR) is 183 cm³/mol. The van der Waals surface area contributed by atoms with Crippen LogP contribution in [0.1, 0.15) is 67.4 Å². The molecule has 3 aliphatic rings. The number of β-amino-alcohol motifs (C(OH)–C–C–N with tert-alkyl or cyclic N) is 1. The van der Waals surface area contributed by atoms with Crippen LogP contribution in [-0.4, -0.2) is 95.3 Å². The van der Waals surface area contributed by atoms with E-state index in [0.29, 0.717) is 24.2 Å². The maximum Gasteiger partial charge on any atom is 0.264 e. The first-order valence-corrected chi connectivity index (χ1v) is 18.4. The highest BCUT2D eigenvalue weighted by Gasteiger charge is 2.50. The van der Waals surface area contributed by atoms with Crippen molar-refractivity contribution >= 4 is 21.9 Å². The number of aliphatic hydroxyl groups is 2. The van der Waals surface area contributed by atoms with E-state index in [0.717, 1.165) is 55.5 Å². The molecule has 1 spiro atoms. The second-order valence-electron chi connectivity index (χ2n) is 14.3. The molecule has 11 nitrogen and oxygen atoms in total. The van der Waals surface area contributed by atoms with Crippen molar-refractivity contribution in [1.29, 1.82) is 0 Å². The number of benzene rings is 2. The van der Waals surface area contributed by atoms with Gasteiger partial charge in [-0.15, -0.1) is 0 Å². The first-order chi connectivity index (χ1) is 22.9. The number of carbonyl (C=O) groups is 1. The van der Waals surface area contributed by atoms with Gasteiger partial charge in [0.25, 0.3) is 15.9 Å². The number of rotatable bonds is 7. The minimum atomic E-state index is -4.14. The van der Waals surface area contributed by atoms with Crippen LogP contribution >= 0.6 is 0 Å². The molecule has 1 saturated carbocycles. The van der Waals surface area contributed by atoms with Gasteiger partial charge in [0, 0.05) is 29.8 Å². The number of piperidine rings is 1. The average Bonchev–Trinajstić information content (AvgIpc) is 3.03. The lowest BCUT2D eigenvalue weighted by Gasteiger charge is -2.56. The summed E-state index contributed by atoms with van der Waals surface area (Å²) >= 11 is 0. The number of aromatic nitrogens is 2. The summed E-state index contributed by atoms with van der Waals surface area (Å²) in [7, 11) is -4.14. The molecule has 2 aliphatic heterocycles. The normalized spacial score (nSPS) is 21.8. The summed E-state index contributed by atoms with van der Waals surface area (Å²) in [5.74, 6) is 0.185. The highest BCUT2D eigenvalue weighted by atomic mass is 32.2. The second-order valence-corrected chi connectivity index (χ2v) is 16.0. The van der Waals surface area contributed by atoms with Crippen molar-refractivity contribution in [3.63, 3.8) is 0 Å². The molecule has 0 unspecified atom stereocenters. The van der Waals surface area contributed by atoms with Crippen LogP contribution in [0.2, 0.25) is 0 Å². The van der Waals surface area contributed by atoms with Gasteiger partial charge in [-0.1, -0.05) is 38.1 Å². The number of amides is 1. The predicted octanol–water partition coefficient (Wildman–Crippen LogP) is 4.41. The highest BCUT2D eigenvalue weighted by Crippen LogP contribution is 2.52. The summed E-state index contributed by atoms with van der Waals surface area (Å²) in [6.07, 6.45) is 3.56. The monoisotopic (exact) mass is 677 g/mol. The summed E-state index contributed by atoms with van der Waals surface area (Å²) < 4.78 is 36.3. The van der Waals surface area contributed by atoms with Crippen molar-refractivity contribution in [2.45, 2.75) is 82.9 Å². The van der Waals surface area contributed by atoms with Gasteiger partial charge in [-0.3, -0.25) is 4.79 Å². The zero-order chi connectivity index (χ0) is 34.2. The van der Waals surface area contributed by atoms with Gasteiger partial charge < -0.3 is 24.7 Å². The lowest BCUT2D eigenvalue weighted by atomic mass is 9.59. The van der Waals surface area contributed by atoms with Crippen LogP contribution in [0.25, 0.3) is 11.3 Å². The molecular weight excluding hydrogens is 630 g/mol. The molecule has 3 aromatic rings. The Bertz CT molecular complexity index is 1730. The molecule has 2 atom stereocenters. The maximum absolute atomic E-state index is 14.5. The van der Waals surface area contributed by atoms with E-state index in [2.05, 4.69) is 33.4 Å². The molecule has 1 aromatic heterocycles. The first-order valence-electron chi connectivity index (χ1n) is 16.9. The molecule has 6 rings (SSSR count). The number of sulfonamides is 1. The number of fused-ring (bicyclic) bond motifs is 4. The fourth-order valence-corrected chi connectivity index (χ4v) is 8.73. The first kappa shape index (κ1) is 34.3. The number of hydrogen-bond acceptors (Lipinski definition) is 9. The minimum Gasteiger partial charge on any atom is -0.475 e. The van der Waals surface area contributed by atoms with Crippen molar-refractivity contribution in [3.8, 4) is 17.1 Å². The molecule has 3 N–H and O–H groups in total. The Balaban J connectivity index is 1.36. The SMILES string of the molecule is Cc1cccc(C)c1-c1cc2nc(n1)NS(=O)(=O)c1cccc(c1)C(=O)N(C1CC3(CCN(C[C@H](O)CO)CC3)C1)[C@H](CC(C)C)CO2. The number of aryl methyl sites for hydroxylation is 2. The van der Waals surface area contributed by atoms with Crippen molar-refractivity contribution in [2.24, 2.45) is 11.3 Å². The Labute approximate surface area is 283 Å². The molecular formula is C36H47N5O6S. The molecule has 2 aromatic carbocycles. The fourth-order valence-electron chi connectivity index (χ4n) is 7.74. The van der Waals surface area contributed by atoms with Gasteiger partial charge >= 0.3 is 0 Å². The third kappa shape index (κ3) is 7.22. The van der Waals surface area contributed by atoms with Gasteiger partial charge in [0.1, 0.15) is 6.61 Å². The number of nitrogens with zero attached hydrogens (tertiary/aromatic N) is 4. The molecule has 2 fully saturated rings. The van der Waals surface area contributed by atoms with Crippen LogP contribution in [0.15, 0.2) is 53.4 Å². The lowest BCUT2D eigenvalue weighted by Crippen LogP contribution is -2.60. The third-order valence-corrected chi connectivity index (χ3v) is 11.5. The lowest BCUT2D eigenvalue weighted by molar-refractivity contribution is -0.0585. The number of nitrogens with one attached hydrogen (secondary N) is 1. The fraction of sp³-hybridized carbons (Fsp3) is 0.528. The van der Waals surface area contributed by atoms with E-state index < -0.39 is 16.1 Å². The molecule has 12 heteroatoms. The van der Waals surface area contributed by atoms with E-state index in [1.165, 1.54) is 12.1 Å². The molecule has 4 bridgehead atoms. The highest BCUT2D eigenvalue weighted by molar-refractivity contribution is 7.92. The zero-order valence-corrected chi connectivity index (χ0v) is 29.0. The van der Waals surface area contributed by atoms with Crippen LogP contribution in [0.3, 0.4) is 0 Å². The number of carbonyl (C=O) groups excluding carboxylic acids is 1. The molecule has 1 amide bonds. The Hall–Kier alpha value is -3.58. The van der Waals surface area contributed by atoms with E-state index in [-0.39, 0.29) is 59.3 Å². The van der Waals surface area contributed by atoms with Gasteiger partial charge in [0.15, 0.2) is 0 Å². The van der Waals surface area contributed by atoms with Crippen molar-refractivity contribution in [1.82, 2.24) is 19.8 Å². The van der Waals surface area contributed by atoms with Gasteiger partial charge in [0.05, 0.1) is 29.3 Å². The molecule has 3 heterocycles. The van der Waals surface area contributed by atoms with Gasteiger partial charge in [-0.25, -0.2) is 18.1 Å². The van der Waals surface area contributed by atoms with E-state index in [1.807, 2.05) is 36.9 Å². The zero-order valence-electron chi connectivity index (χ0n) is 28.2. The standard InChI is InChI=1S/C36H47N5O6S/c1-23(2)15-27-22-47-32-17-31(33-24(3)7-5-8-25(33)4)37-35(38-32)39-48(45,46)30-10-6-9-26(16-30)34(44)41(27)28-18-36(19-28)11-13-40(14-12-36)20-29(43)21-42/h5-10,16-17,23,27-29,42-43H,11-15,18-22H2,1-4H3,(H,37,38,39)/t27-,29+/m1/s1. The molecule has 1 saturated heterocycles. The smallest absolute Gasteiger partial charge is 0.264 e. The third-order valence-electron chi connectivity index (χ3n) is 10.2. The molecule has 48 heavy (non-hydrogen) atoms. The quantitative estimate of drug-likeness (QED) is 0.331. The van der Waals surface area contributed by atoms with Crippen LogP contribution < -0.4 is 9.46 Å². The number of aliphatic hydroxyl groups excluding tert-OH is 2. The Morgan fingerprint density at radius 3 is 2.40 bits per heavy atom. The summed E-state index contributed by atoms with van der Waals surface area (Å²) in [6.45, 7) is 10.3. The summed E-state index contributed by atoms with van der Waals surface area (Å²) in [6, 6.07) is 13.6. The Kier molecular flexibility index (Phi) is 9.81. The summed E-state index contributed by atoms with van der Waals surface area (Å²) in [4.78, 5) is 27.7. The van der Waals surface area contributed by atoms with E-state index in [1.54, 1.807) is 18.2 Å². The van der Waals surface area contributed by atoms with Gasteiger partial charge in [-0.2, -0.15) is 4.98 Å². The average molecular weight is 678 g/mol.